The fourth-order valence-corrected chi connectivity index (χ4v) is 3.04. The quantitative estimate of drug-likeness (QED) is 0.749. The lowest BCUT2D eigenvalue weighted by Gasteiger charge is -2.17. The van der Waals surface area contributed by atoms with E-state index in [1.165, 1.54) is 0 Å². The number of Topliss-reactive ketones (excluding diaryl/α,β-unsaturated/α-hetero) is 1. The highest BCUT2D eigenvalue weighted by molar-refractivity contribution is 5.97. The van der Waals surface area contributed by atoms with Gasteiger partial charge < -0.3 is 4.74 Å². The number of ether oxygens (including phenoxy) is 1. The van der Waals surface area contributed by atoms with Gasteiger partial charge in [0.15, 0.2) is 5.78 Å². The Morgan fingerprint density at radius 3 is 3.12 bits per heavy atom. The predicted octanol–water partition coefficient (Wildman–Crippen LogP) is 2.04. The Morgan fingerprint density at radius 2 is 2.47 bits per heavy atom. The highest BCUT2D eigenvalue weighted by Gasteiger charge is 2.45. The number of nitrogens with zero attached hydrogens (tertiary/aromatic N) is 2. The molecule has 17 heavy (non-hydrogen) atoms. The van der Waals surface area contributed by atoms with E-state index < -0.39 is 0 Å². The molecule has 2 saturated heterocycles. The van der Waals surface area contributed by atoms with Gasteiger partial charge in [-0.15, -0.1) is 0 Å². The van der Waals surface area contributed by atoms with Crippen molar-refractivity contribution >= 4 is 5.78 Å². The average molecular weight is 234 g/mol. The Bertz CT molecular complexity index is 427. The molecule has 0 spiro atoms. The van der Waals surface area contributed by atoms with Gasteiger partial charge in [0.05, 0.1) is 18.1 Å². The molecule has 92 valence electrons. The van der Waals surface area contributed by atoms with E-state index in [0.29, 0.717) is 6.10 Å². The molecule has 1 aromatic heterocycles. The van der Waals surface area contributed by atoms with Crippen LogP contribution in [0, 0.1) is 5.92 Å². The van der Waals surface area contributed by atoms with Crippen molar-refractivity contribution in [2.45, 2.75) is 51.4 Å². The van der Waals surface area contributed by atoms with Crippen molar-refractivity contribution in [3.63, 3.8) is 0 Å². The van der Waals surface area contributed by atoms with Crippen LogP contribution in [0.2, 0.25) is 0 Å². The lowest BCUT2D eigenvalue weighted by molar-refractivity contribution is 0.0735. The van der Waals surface area contributed by atoms with Crippen LogP contribution in [0.1, 0.15) is 43.1 Å². The van der Waals surface area contributed by atoms with Crippen LogP contribution >= 0.6 is 0 Å². The summed E-state index contributed by atoms with van der Waals surface area (Å²) >= 11 is 0. The maximum atomic E-state index is 12.5. The Balaban J connectivity index is 1.79. The molecule has 0 amide bonds. The monoisotopic (exact) mass is 234 g/mol. The van der Waals surface area contributed by atoms with Gasteiger partial charge in [-0.25, -0.2) is 0 Å². The molecule has 3 heterocycles. The van der Waals surface area contributed by atoms with Gasteiger partial charge in [0, 0.05) is 12.7 Å². The second kappa shape index (κ2) is 4.26. The third kappa shape index (κ3) is 1.80. The zero-order valence-corrected chi connectivity index (χ0v) is 10.1. The molecular formula is C13H18N2O2. The first kappa shape index (κ1) is 11.0. The number of hydrogen-bond acceptors (Lipinski definition) is 3. The second-order valence-electron chi connectivity index (χ2n) is 5.02. The molecule has 2 fully saturated rings. The molecule has 0 aromatic carbocycles. The molecule has 4 heteroatoms. The zero-order valence-electron chi connectivity index (χ0n) is 10.1. The van der Waals surface area contributed by atoms with Gasteiger partial charge in [-0.3, -0.25) is 9.48 Å². The Labute approximate surface area is 101 Å². The molecule has 2 bridgehead atoms. The van der Waals surface area contributed by atoms with E-state index in [4.69, 9.17) is 4.74 Å². The van der Waals surface area contributed by atoms with Gasteiger partial charge >= 0.3 is 0 Å². The summed E-state index contributed by atoms with van der Waals surface area (Å²) in [5.74, 6) is 0.296. The predicted molar refractivity (Wildman–Crippen MR) is 62.9 cm³/mol. The van der Waals surface area contributed by atoms with Crippen LogP contribution in [0.5, 0.6) is 0 Å². The first-order chi connectivity index (χ1) is 8.29. The molecular weight excluding hydrogens is 216 g/mol. The van der Waals surface area contributed by atoms with Gasteiger partial charge in [-0.2, -0.15) is 5.10 Å². The summed E-state index contributed by atoms with van der Waals surface area (Å²) in [5, 5.41) is 4.22. The number of ketones is 1. The van der Waals surface area contributed by atoms with E-state index in [-0.39, 0.29) is 17.8 Å². The highest BCUT2D eigenvalue weighted by atomic mass is 16.5. The SMILES string of the molecule is CCCn1nccc1C(=O)C1CC2CCC1O2. The molecule has 0 aliphatic carbocycles. The Kier molecular flexibility index (Phi) is 2.74. The van der Waals surface area contributed by atoms with Crippen LogP contribution in [0.15, 0.2) is 12.3 Å². The van der Waals surface area contributed by atoms with Crippen LogP contribution in [0.4, 0.5) is 0 Å². The van der Waals surface area contributed by atoms with Gasteiger partial charge in [0.25, 0.3) is 0 Å². The van der Waals surface area contributed by atoms with Crippen LogP contribution in [0.3, 0.4) is 0 Å². The zero-order chi connectivity index (χ0) is 11.8. The molecule has 0 N–H and O–H groups in total. The largest absolute Gasteiger partial charge is 0.374 e. The fourth-order valence-electron chi connectivity index (χ4n) is 3.04. The number of hydrogen-bond donors (Lipinski definition) is 0. The summed E-state index contributed by atoms with van der Waals surface area (Å²) in [6.45, 7) is 2.91. The van der Waals surface area contributed by atoms with Crippen molar-refractivity contribution in [1.82, 2.24) is 9.78 Å². The minimum Gasteiger partial charge on any atom is -0.374 e. The number of aryl methyl sites for hydroxylation is 1. The summed E-state index contributed by atoms with van der Waals surface area (Å²) < 4.78 is 7.58. The summed E-state index contributed by atoms with van der Waals surface area (Å²) in [7, 11) is 0. The van der Waals surface area contributed by atoms with Crippen molar-refractivity contribution in [3.8, 4) is 0 Å². The molecule has 4 nitrogen and oxygen atoms in total. The standard InChI is InChI=1S/C13H18N2O2/c1-2-7-15-11(5-6-14-15)13(16)10-8-9-3-4-12(10)17-9/h5-6,9-10,12H,2-4,7-8H2,1H3. The summed E-state index contributed by atoms with van der Waals surface area (Å²) in [4.78, 5) is 12.5. The summed E-state index contributed by atoms with van der Waals surface area (Å²) in [5.41, 5.74) is 0.757. The van der Waals surface area contributed by atoms with Crippen LogP contribution in [-0.2, 0) is 11.3 Å². The van der Waals surface area contributed by atoms with Crippen molar-refractivity contribution < 1.29 is 9.53 Å². The van der Waals surface area contributed by atoms with Gasteiger partial charge in [-0.05, 0) is 31.7 Å². The van der Waals surface area contributed by atoms with E-state index in [1.807, 2.05) is 10.7 Å². The molecule has 0 saturated carbocycles. The number of fused-ring (bicyclic) bond motifs is 2. The van der Waals surface area contributed by atoms with Gasteiger partial charge in [0.2, 0.25) is 0 Å². The summed E-state index contributed by atoms with van der Waals surface area (Å²) in [6.07, 6.45) is 6.28. The number of carbonyl (C=O) groups excluding carboxylic acids is 1. The third-order valence-electron chi connectivity index (χ3n) is 3.85. The summed E-state index contributed by atoms with van der Waals surface area (Å²) in [6, 6.07) is 1.84. The van der Waals surface area contributed by atoms with Gasteiger partial charge in [-0.1, -0.05) is 6.92 Å². The lowest BCUT2D eigenvalue weighted by atomic mass is 9.85. The topological polar surface area (TPSA) is 44.1 Å². The molecule has 0 radical (unpaired) electrons. The van der Waals surface area contributed by atoms with E-state index in [0.717, 1.165) is 37.9 Å². The second-order valence-corrected chi connectivity index (χ2v) is 5.02. The van der Waals surface area contributed by atoms with Gasteiger partial charge in [0.1, 0.15) is 5.69 Å². The molecule has 3 atom stereocenters. The molecule has 1 aromatic rings. The van der Waals surface area contributed by atoms with E-state index in [9.17, 15) is 4.79 Å². The third-order valence-corrected chi connectivity index (χ3v) is 3.85. The van der Waals surface area contributed by atoms with Crippen molar-refractivity contribution in [2.24, 2.45) is 5.92 Å². The fraction of sp³-hybridized carbons (Fsp3) is 0.692. The van der Waals surface area contributed by atoms with Crippen molar-refractivity contribution in [2.75, 3.05) is 0 Å². The van der Waals surface area contributed by atoms with Crippen LogP contribution in [0.25, 0.3) is 0 Å². The van der Waals surface area contributed by atoms with E-state index in [2.05, 4.69) is 12.0 Å². The normalized spacial score (nSPS) is 31.0. The van der Waals surface area contributed by atoms with E-state index >= 15 is 0 Å². The van der Waals surface area contributed by atoms with E-state index in [1.54, 1.807) is 6.20 Å². The maximum absolute atomic E-state index is 12.5. The molecule has 3 unspecified atom stereocenters. The molecule has 2 aliphatic heterocycles. The smallest absolute Gasteiger partial charge is 0.186 e. The first-order valence-electron chi connectivity index (χ1n) is 6.51. The molecule has 2 aliphatic rings. The maximum Gasteiger partial charge on any atom is 0.186 e. The van der Waals surface area contributed by atoms with Crippen LogP contribution < -0.4 is 0 Å². The number of rotatable bonds is 4. The lowest BCUT2D eigenvalue weighted by Crippen LogP contribution is -2.27. The average Bonchev–Trinajstić information content (AvgIpc) is 3.03. The Hall–Kier alpha value is -1.16. The minimum atomic E-state index is 0.0704. The molecule has 3 rings (SSSR count). The van der Waals surface area contributed by atoms with Crippen LogP contribution in [-0.4, -0.2) is 27.8 Å². The van der Waals surface area contributed by atoms with Crippen molar-refractivity contribution in [3.05, 3.63) is 18.0 Å². The highest BCUT2D eigenvalue weighted by Crippen LogP contribution is 2.40. The first-order valence-corrected chi connectivity index (χ1v) is 6.51. The Morgan fingerprint density at radius 1 is 1.59 bits per heavy atom. The number of aromatic nitrogens is 2. The minimum absolute atomic E-state index is 0.0704. The number of carbonyl (C=O) groups is 1. The van der Waals surface area contributed by atoms with Crippen molar-refractivity contribution in [1.29, 1.82) is 0 Å².